The Morgan fingerprint density at radius 1 is 1.10 bits per heavy atom. The van der Waals surface area contributed by atoms with Gasteiger partial charge in [-0.2, -0.15) is 0 Å². The van der Waals surface area contributed by atoms with Gasteiger partial charge in [0.05, 0.1) is 0 Å². The molecule has 1 nitrogen and oxygen atoms in total. The topological polar surface area (TPSA) is 12.0 Å². The van der Waals surface area contributed by atoms with Crippen molar-refractivity contribution in [2.45, 2.75) is 19.4 Å². The molecule has 1 atom stereocenters. The van der Waals surface area contributed by atoms with Crippen LogP contribution >= 0.6 is 11.6 Å². The molecule has 1 unspecified atom stereocenters. The Labute approximate surface area is 122 Å². The molecule has 106 valence electrons. The summed E-state index contributed by atoms with van der Waals surface area (Å²) < 4.78 is 26.5. The summed E-state index contributed by atoms with van der Waals surface area (Å²) in [6, 6.07) is 11.1. The van der Waals surface area contributed by atoms with Gasteiger partial charge in [0.25, 0.3) is 0 Å². The predicted octanol–water partition coefficient (Wildman–Crippen LogP) is 4.51. The first-order valence-corrected chi connectivity index (χ1v) is 6.90. The Morgan fingerprint density at radius 3 is 2.40 bits per heavy atom. The van der Waals surface area contributed by atoms with Crippen LogP contribution in [0.15, 0.2) is 42.5 Å². The van der Waals surface area contributed by atoms with E-state index in [1.165, 1.54) is 12.1 Å². The molecule has 0 saturated heterocycles. The van der Waals surface area contributed by atoms with E-state index in [0.29, 0.717) is 17.0 Å². The van der Waals surface area contributed by atoms with Gasteiger partial charge in [-0.25, -0.2) is 8.78 Å². The van der Waals surface area contributed by atoms with Crippen molar-refractivity contribution in [1.82, 2.24) is 5.32 Å². The number of hydrogen-bond acceptors (Lipinski definition) is 1. The SMILES string of the molecule is CCNC(Cc1cc(F)cc(F)c1)c1cccc(Cl)c1. The van der Waals surface area contributed by atoms with Gasteiger partial charge in [0, 0.05) is 17.1 Å². The zero-order chi connectivity index (χ0) is 14.5. The first-order valence-electron chi connectivity index (χ1n) is 6.52. The van der Waals surface area contributed by atoms with Crippen molar-refractivity contribution in [2.75, 3.05) is 6.54 Å². The number of likely N-dealkylation sites (N-methyl/N-ethyl adjacent to an activating group) is 1. The third-order valence-electron chi connectivity index (χ3n) is 3.06. The zero-order valence-electron chi connectivity index (χ0n) is 11.2. The van der Waals surface area contributed by atoms with Crippen LogP contribution < -0.4 is 5.32 Å². The van der Waals surface area contributed by atoms with Gasteiger partial charge < -0.3 is 5.32 Å². The third kappa shape index (κ3) is 4.02. The number of nitrogens with one attached hydrogen (secondary N) is 1. The summed E-state index contributed by atoms with van der Waals surface area (Å²) >= 11 is 5.99. The second-order valence-electron chi connectivity index (χ2n) is 4.65. The van der Waals surface area contributed by atoms with Crippen molar-refractivity contribution in [1.29, 1.82) is 0 Å². The Kier molecular flexibility index (Phi) is 5.10. The third-order valence-corrected chi connectivity index (χ3v) is 3.30. The molecule has 0 aliphatic rings. The smallest absolute Gasteiger partial charge is 0.126 e. The van der Waals surface area contributed by atoms with Gasteiger partial charge in [0.2, 0.25) is 0 Å². The van der Waals surface area contributed by atoms with Crippen molar-refractivity contribution in [3.63, 3.8) is 0 Å². The minimum absolute atomic E-state index is 0.0279. The van der Waals surface area contributed by atoms with Crippen LogP contribution in [0, 0.1) is 11.6 Å². The first-order chi connectivity index (χ1) is 9.58. The molecule has 20 heavy (non-hydrogen) atoms. The normalized spacial score (nSPS) is 12.4. The molecule has 0 saturated carbocycles. The highest BCUT2D eigenvalue weighted by atomic mass is 35.5. The standard InChI is InChI=1S/C16H16ClF2N/c1-2-20-16(12-4-3-5-13(17)9-12)8-11-6-14(18)10-15(19)7-11/h3-7,9-10,16,20H,2,8H2,1H3. The maximum atomic E-state index is 13.2. The molecule has 0 aliphatic heterocycles. The minimum atomic E-state index is -0.554. The van der Waals surface area contributed by atoms with Crippen LogP contribution in [0.2, 0.25) is 5.02 Å². The number of halogens is 3. The summed E-state index contributed by atoms with van der Waals surface area (Å²) in [6.07, 6.45) is 0.503. The molecular weight excluding hydrogens is 280 g/mol. The molecule has 0 amide bonds. The summed E-state index contributed by atoms with van der Waals surface area (Å²) in [5.41, 5.74) is 1.62. The van der Waals surface area contributed by atoms with Crippen LogP contribution in [0.3, 0.4) is 0 Å². The van der Waals surface area contributed by atoms with Gasteiger partial charge >= 0.3 is 0 Å². The molecule has 0 heterocycles. The molecular formula is C16H16ClF2N. The van der Waals surface area contributed by atoms with E-state index in [1.54, 1.807) is 6.07 Å². The highest BCUT2D eigenvalue weighted by Crippen LogP contribution is 2.22. The number of hydrogen-bond donors (Lipinski definition) is 1. The fraction of sp³-hybridized carbons (Fsp3) is 0.250. The van der Waals surface area contributed by atoms with Crippen LogP contribution in [0.25, 0.3) is 0 Å². The highest BCUT2D eigenvalue weighted by Gasteiger charge is 2.13. The van der Waals surface area contributed by atoms with Gasteiger partial charge in [-0.1, -0.05) is 30.7 Å². The lowest BCUT2D eigenvalue weighted by molar-refractivity contribution is 0.539. The van der Waals surface area contributed by atoms with Crippen LogP contribution in [-0.4, -0.2) is 6.54 Å². The Hall–Kier alpha value is -1.45. The van der Waals surface area contributed by atoms with Crippen molar-refractivity contribution < 1.29 is 8.78 Å². The van der Waals surface area contributed by atoms with Crippen molar-refractivity contribution >= 4 is 11.6 Å². The Bertz CT molecular complexity index is 566. The summed E-state index contributed by atoms with van der Waals surface area (Å²) in [6.45, 7) is 2.75. The van der Waals surface area contributed by atoms with Crippen molar-refractivity contribution in [2.24, 2.45) is 0 Å². The van der Waals surface area contributed by atoms with E-state index >= 15 is 0 Å². The molecule has 4 heteroatoms. The molecule has 0 aliphatic carbocycles. The number of rotatable bonds is 5. The maximum absolute atomic E-state index is 13.2. The molecule has 0 spiro atoms. The van der Waals surface area contributed by atoms with Crippen LogP contribution in [0.5, 0.6) is 0 Å². The molecule has 0 fully saturated rings. The van der Waals surface area contributed by atoms with Gasteiger partial charge in [-0.3, -0.25) is 0 Å². The lowest BCUT2D eigenvalue weighted by Crippen LogP contribution is -2.23. The van der Waals surface area contributed by atoms with Gasteiger partial charge in [-0.05, 0) is 48.4 Å². The largest absolute Gasteiger partial charge is 0.310 e. The Morgan fingerprint density at radius 2 is 1.80 bits per heavy atom. The van der Waals surface area contributed by atoms with E-state index in [0.717, 1.165) is 18.2 Å². The summed E-state index contributed by atoms with van der Waals surface area (Å²) in [4.78, 5) is 0. The summed E-state index contributed by atoms with van der Waals surface area (Å²) in [7, 11) is 0. The van der Waals surface area contributed by atoms with Crippen LogP contribution in [0.4, 0.5) is 8.78 Å². The first kappa shape index (κ1) is 14.9. The van der Waals surface area contributed by atoms with E-state index in [-0.39, 0.29) is 6.04 Å². The highest BCUT2D eigenvalue weighted by molar-refractivity contribution is 6.30. The Balaban J connectivity index is 2.25. The van der Waals surface area contributed by atoms with E-state index in [2.05, 4.69) is 5.32 Å². The van der Waals surface area contributed by atoms with Crippen molar-refractivity contribution in [3.05, 3.63) is 70.2 Å². The van der Waals surface area contributed by atoms with E-state index in [9.17, 15) is 8.78 Å². The quantitative estimate of drug-likeness (QED) is 0.855. The fourth-order valence-corrected chi connectivity index (χ4v) is 2.44. The predicted molar refractivity (Wildman–Crippen MR) is 77.9 cm³/mol. The zero-order valence-corrected chi connectivity index (χ0v) is 11.9. The molecule has 2 aromatic carbocycles. The monoisotopic (exact) mass is 295 g/mol. The minimum Gasteiger partial charge on any atom is -0.310 e. The molecule has 1 N–H and O–H groups in total. The molecule has 2 rings (SSSR count). The van der Waals surface area contributed by atoms with Gasteiger partial charge in [-0.15, -0.1) is 0 Å². The molecule has 0 radical (unpaired) electrons. The van der Waals surface area contributed by atoms with E-state index < -0.39 is 11.6 Å². The second-order valence-corrected chi connectivity index (χ2v) is 5.08. The molecule has 0 aromatic heterocycles. The molecule has 2 aromatic rings. The lowest BCUT2D eigenvalue weighted by atomic mass is 9.98. The lowest BCUT2D eigenvalue weighted by Gasteiger charge is -2.19. The van der Waals surface area contributed by atoms with Crippen LogP contribution in [-0.2, 0) is 6.42 Å². The summed E-state index contributed by atoms with van der Waals surface area (Å²) in [5, 5.41) is 3.96. The second kappa shape index (κ2) is 6.82. The maximum Gasteiger partial charge on any atom is 0.126 e. The number of benzene rings is 2. The van der Waals surface area contributed by atoms with E-state index in [1.807, 2.05) is 25.1 Å². The average Bonchev–Trinajstić information content (AvgIpc) is 2.37. The van der Waals surface area contributed by atoms with Gasteiger partial charge in [0.15, 0.2) is 0 Å². The van der Waals surface area contributed by atoms with Gasteiger partial charge in [0.1, 0.15) is 11.6 Å². The van der Waals surface area contributed by atoms with Crippen LogP contribution in [0.1, 0.15) is 24.1 Å². The average molecular weight is 296 g/mol. The van der Waals surface area contributed by atoms with E-state index in [4.69, 9.17) is 11.6 Å². The molecule has 0 bridgehead atoms. The van der Waals surface area contributed by atoms with Crippen molar-refractivity contribution in [3.8, 4) is 0 Å². The summed E-state index contributed by atoms with van der Waals surface area (Å²) in [5.74, 6) is -1.11. The fourth-order valence-electron chi connectivity index (χ4n) is 2.24.